The van der Waals surface area contributed by atoms with Crippen molar-refractivity contribution in [1.29, 1.82) is 0 Å². The number of methoxy groups -OCH3 is 1. The summed E-state index contributed by atoms with van der Waals surface area (Å²) in [5.41, 5.74) is 7.05. The van der Waals surface area contributed by atoms with Crippen LogP contribution in [-0.4, -0.2) is 18.3 Å². The Kier molecular flexibility index (Phi) is 4.54. The molecule has 0 aromatic heterocycles. The molecule has 1 aromatic rings. The Hall–Kier alpha value is -1.06. The van der Waals surface area contributed by atoms with Gasteiger partial charge in [0.1, 0.15) is 5.75 Å². The minimum Gasteiger partial charge on any atom is -0.497 e. The Morgan fingerprint density at radius 1 is 1.29 bits per heavy atom. The molecule has 0 amide bonds. The second-order valence-corrected chi connectivity index (χ2v) is 5.25. The monoisotopic (exact) mass is 237 g/mol. The van der Waals surface area contributed by atoms with Gasteiger partial charge >= 0.3 is 0 Å². The van der Waals surface area contributed by atoms with Gasteiger partial charge in [-0.25, -0.2) is 0 Å². The molecule has 0 aliphatic heterocycles. The molecule has 0 radical (unpaired) electrons. The first-order valence-electron chi connectivity index (χ1n) is 5.94. The van der Waals surface area contributed by atoms with Gasteiger partial charge in [-0.05, 0) is 36.5 Å². The van der Waals surface area contributed by atoms with E-state index in [9.17, 15) is 5.11 Å². The van der Waals surface area contributed by atoms with Crippen LogP contribution in [0.25, 0.3) is 0 Å². The van der Waals surface area contributed by atoms with Crippen molar-refractivity contribution in [3.8, 4) is 5.75 Å². The summed E-state index contributed by atoms with van der Waals surface area (Å²) in [5.74, 6) is 0.829. The van der Waals surface area contributed by atoms with Gasteiger partial charge in [-0.2, -0.15) is 0 Å². The lowest BCUT2D eigenvalue weighted by Crippen LogP contribution is -2.30. The van der Waals surface area contributed by atoms with Crippen LogP contribution in [0, 0.1) is 5.41 Å². The number of aliphatic hydroxyl groups is 1. The van der Waals surface area contributed by atoms with E-state index in [-0.39, 0.29) is 17.6 Å². The lowest BCUT2D eigenvalue weighted by atomic mass is 9.80. The molecule has 3 nitrogen and oxygen atoms in total. The van der Waals surface area contributed by atoms with Crippen LogP contribution in [-0.2, 0) is 0 Å². The van der Waals surface area contributed by atoms with E-state index >= 15 is 0 Å². The molecular formula is C14H23NO2. The minimum absolute atomic E-state index is 0.0643. The molecule has 1 aromatic carbocycles. The van der Waals surface area contributed by atoms with Gasteiger partial charge in [-0.1, -0.05) is 26.0 Å². The molecule has 0 saturated carbocycles. The molecule has 0 aliphatic rings. The second kappa shape index (κ2) is 5.52. The van der Waals surface area contributed by atoms with Gasteiger partial charge in [0.15, 0.2) is 0 Å². The topological polar surface area (TPSA) is 55.5 Å². The SMILES string of the molecule is COc1ccc(C(N)CC(C)(C)C(C)O)cc1. The fourth-order valence-corrected chi connectivity index (χ4v) is 1.71. The van der Waals surface area contributed by atoms with Gasteiger partial charge in [-0.3, -0.25) is 0 Å². The van der Waals surface area contributed by atoms with E-state index in [0.29, 0.717) is 0 Å². The number of rotatable bonds is 5. The van der Waals surface area contributed by atoms with Gasteiger partial charge < -0.3 is 15.6 Å². The van der Waals surface area contributed by atoms with Crippen LogP contribution in [0.5, 0.6) is 5.75 Å². The molecule has 2 atom stereocenters. The maximum atomic E-state index is 9.68. The Morgan fingerprint density at radius 2 is 1.82 bits per heavy atom. The third kappa shape index (κ3) is 3.72. The zero-order valence-corrected chi connectivity index (χ0v) is 11.1. The molecule has 2 unspecified atom stereocenters. The largest absolute Gasteiger partial charge is 0.497 e. The van der Waals surface area contributed by atoms with E-state index in [1.165, 1.54) is 0 Å². The van der Waals surface area contributed by atoms with Crippen LogP contribution >= 0.6 is 0 Å². The number of nitrogens with two attached hydrogens (primary N) is 1. The van der Waals surface area contributed by atoms with Crippen molar-refractivity contribution in [2.45, 2.75) is 39.3 Å². The molecule has 0 saturated heterocycles. The normalized spacial score (nSPS) is 15.4. The summed E-state index contributed by atoms with van der Waals surface area (Å²) in [7, 11) is 1.64. The van der Waals surface area contributed by atoms with Crippen molar-refractivity contribution in [3.05, 3.63) is 29.8 Å². The number of hydrogen-bond donors (Lipinski definition) is 2. The molecule has 0 aliphatic carbocycles. The molecule has 1 rings (SSSR count). The van der Waals surface area contributed by atoms with E-state index in [0.717, 1.165) is 17.7 Å². The maximum Gasteiger partial charge on any atom is 0.118 e. The lowest BCUT2D eigenvalue weighted by molar-refractivity contribution is 0.0545. The van der Waals surface area contributed by atoms with Crippen molar-refractivity contribution in [2.75, 3.05) is 7.11 Å². The highest BCUT2D eigenvalue weighted by atomic mass is 16.5. The zero-order chi connectivity index (χ0) is 13.1. The van der Waals surface area contributed by atoms with Crippen LogP contribution in [0.3, 0.4) is 0 Å². The molecule has 17 heavy (non-hydrogen) atoms. The minimum atomic E-state index is -0.369. The van der Waals surface area contributed by atoms with Crippen LogP contribution in [0.1, 0.15) is 38.8 Å². The molecule has 0 heterocycles. The smallest absolute Gasteiger partial charge is 0.118 e. The highest BCUT2D eigenvalue weighted by Crippen LogP contribution is 2.32. The van der Waals surface area contributed by atoms with Crippen LogP contribution in [0.2, 0.25) is 0 Å². The fourth-order valence-electron chi connectivity index (χ4n) is 1.71. The Bertz CT molecular complexity index is 344. The van der Waals surface area contributed by atoms with Crippen molar-refractivity contribution in [2.24, 2.45) is 11.1 Å². The summed E-state index contributed by atoms with van der Waals surface area (Å²) >= 11 is 0. The molecule has 0 spiro atoms. The molecule has 0 bridgehead atoms. The Balaban J connectivity index is 2.72. The number of benzene rings is 1. The van der Waals surface area contributed by atoms with Crippen molar-refractivity contribution in [1.82, 2.24) is 0 Å². The van der Waals surface area contributed by atoms with E-state index < -0.39 is 0 Å². The molecule has 0 fully saturated rings. The summed E-state index contributed by atoms with van der Waals surface area (Å²) in [6, 6.07) is 7.70. The first-order chi connectivity index (χ1) is 7.86. The maximum absolute atomic E-state index is 9.68. The van der Waals surface area contributed by atoms with Crippen molar-refractivity contribution in [3.63, 3.8) is 0 Å². The third-order valence-electron chi connectivity index (χ3n) is 3.42. The summed E-state index contributed by atoms with van der Waals surface area (Å²) in [5, 5.41) is 9.68. The molecule has 96 valence electrons. The summed E-state index contributed by atoms with van der Waals surface area (Å²) in [6.07, 6.45) is 0.378. The standard InChI is InChI=1S/C14H23NO2/c1-10(16)14(2,3)9-13(15)11-5-7-12(17-4)8-6-11/h5-8,10,13,16H,9,15H2,1-4H3. The quantitative estimate of drug-likeness (QED) is 0.827. The predicted molar refractivity (Wildman–Crippen MR) is 70.0 cm³/mol. The average molecular weight is 237 g/mol. The number of aliphatic hydroxyl groups excluding tert-OH is 1. The highest BCUT2D eigenvalue weighted by Gasteiger charge is 2.27. The van der Waals surface area contributed by atoms with Gasteiger partial charge in [-0.15, -0.1) is 0 Å². The van der Waals surface area contributed by atoms with Gasteiger partial charge in [0.25, 0.3) is 0 Å². The first-order valence-corrected chi connectivity index (χ1v) is 5.94. The van der Waals surface area contributed by atoms with Gasteiger partial charge in [0.2, 0.25) is 0 Å². The highest BCUT2D eigenvalue weighted by molar-refractivity contribution is 5.29. The van der Waals surface area contributed by atoms with Gasteiger partial charge in [0.05, 0.1) is 13.2 Å². The Labute approximate surface area is 104 Å². The molecular weight excluding hydrogens is 214 g/mol. The summed E-state index contributed by atoms with van der Waals surface area (Å²) in [4.78, 5) is 0. The molecule has 3 N–H and O–H groups in total. The van der Waals surface area contributed by atoms with Crippen molar-refractivity contribution < 1.29 is 9.84 Å². The Morgan fingerprint density at radius 3 is 2.24 bits per heavy atom. The zero-order valence-electron chi connectivity index (χ0n) is 11.1. The first kappa shape index (κ1) is 14.0. The van der Waals surface area contributed by atoms with E-state index in [4.69, 9.17) is 10.5 Å². The number of ether oxygens (including phenoxy) is 1. The summed E-state index contributed by atoms with van der Waals surface area (Å²) in [6.45, 7) is 5.86. The van der Waals surface area contributed by atoms with Crippen molar-refractivity contribution >= 4 is 0 Å². The molecule has 3 heteroatoms. The van der Waals surface area contributed by atoms with Gasteiger partial charge in [0, 0.05) is 6.04 Å². The van der Waals surface area contributed by atoms with E-state index in [1.54, 1.807) is 14.0 Å². The number of hydrogen-bond acceptors (Lipinski definition) is 3. The predicted octanol–water partition coefficient (Wildman–Crippen LogP) is 2.49. The third-order valence-corrected chi connectivity index (χ3v) is 3.42. The fraction of sp³-hybridized carbons (Fsp3) is 0.571. The van der Waals surface area contributed by atoms with Crippen LogP contribution in [0.15, 0.2) is 24.3 Å². The summed E-state index contributed by atoms with van der Waals surface area (Å²) < 4.78 is 5.11. The van der Waals surface area contributed by atoms with Crippen LogP contribution in [0.4, 0.5) is 0 Å². The average Bonchev–Trinajstić information content (AvgIpc) is 2.28. The van der Waals surface area contributed by atoms with E-state index in [2.05, 4.69) is 0 Å². The second-order valence-electron chi connectivity index (χ2n) is 5.25. The van der Waals surface area contributed by atoms with Crippen LogP contribution < -0.4 is 10.5 Å². The lowest BCUT2D eigenvalue weighted by Gasteiger charge is -2.31. The van der Waals surface area contributed by atoms with E-state index in [1.807, 2.05) is 38.1 Å².